The second-order valence-corrected chi connectivity index (χ2v) is 4.04. The summed E-state index contributed by atoms with van der Waals surface area (Å²) in [5, 5.41) is 21.0. The fourth-order valence-electron chi connectivity index (χ4n) is 1.59. The van der Waals surface area contributed by atoms with E-state index < -0.39 is 18.0 Å². The minimum absolute atomic E-state index is 0.119. The SMILES string of the molecule is O=C(O)c1ccc(NC(=O)C(O)c2ccccc2)cn1. The Kier molecular flexibility index (Phi) is 4.07. The van der Waals surface area contributed by atoms with Gasteiger partial charge in [0.05, 0.1) is 11.9 Å². The third kappa shape index (κ3) is 3.18. The minimum atomic E-state index is -1.30. The van der Waals surface area contributed by atoms with E-state index in [9.17, 15) is 14.7 Å². The number of aromatic nitrogens is 1. The molecule has 0 fully saturated rings. The van der Waals surface area contributed by atoms with E-state index in [4.69, 9.17) is 5.11 Å². The van der Waals surface area contributed by atoms with Crippen LogP contribution in [0.2, 0.25) is 0 Å². The van der Waals surface area contributed by atoms with Crippen molar-refractivity contribution >= 4 is 17.6 Å². The minimum Gasteiger partial charge on any atom is -0.477 e. The molecule has 0 aliphatic carbocycles. The van der Waals surface area contributed by atoms with Crippen molar-refractivity contribution < 1.29 is 19.8 Å². The first-order valence-corrected chi connectivity index (χ1v) is 5.81. The molecule has 1 amide bonds. The van der Waals surface area contributed by atoms with Gasteiger partial charge in [-0.05, 0) is 17.7 Å². The van der Waals surface area contributed by atoms with Crippen LogP contribution in [0.5, 0.6) is 0 Å². The summed E-state index contributed by atoms with van der Waals surface area (Å²) in [6, 6.07) is 11.2. The van der Waals surface area contributed by atoms with Crippen LogP contribution in [0, 0.1) is 0 Å². The Morgan fingerprint density at radius 1 is 1.10 bits per heavy atom. The Morgan fingerprint density at radius 2 is 1.80 bits per heavy atom. The van der Waals surface area contributed by atoms with E-state index in [2.05, 4.69) is 10.3 Å². The fraction of sp³-hybridized carbons (Fsp3) is 0.0714. The molecular weight excluding hydrogens is 260 g/mol. The normalized spacial score (nSPS) is 11.7. The Bertz CT molecular complexity index is 611. The number of pyridine rings is 1. The van der Waals surface area contributed by atoms with Gasteiger partial charge in [0.25, 0.3) is 5.91 Å². The molecule has 0 saturated carbocycles. The summed E-state index contributed by atoms with van der Waals surface area (Å²) in [5.74, 6) is -1.76. The number of anilines is 1. The summed E-state index contributed by atoms with van der Waals surface area (Å²) in [4.78, 5) is 26.1. The molecular formula is C14H12N2O4. The van der Waals surface area contributed by atoms with E-state index in [1.165, 1.54) is 18.3 Å². The van der Waals surface area contributed by atoms with Gasteiger partial charge in [-0.15, -0.1) is 0 Å². The predicted molar refractivity (Wildman–Crippen MR) is 71.2 cm³/mol. The number of aliphatic hydroxyl groups is 1. The van der Waals surface area contributed by atoms with Crippen LogP contribution < -0.4 is 5.32 Å². The molecule has 6 heteroatoms. The summed E-state index contributed by atoms with van der Waals surface area (Å²) in [5.41, 5.74) is 0.668. The molecule has 102 valence electrons. The topological polar surface area (TPSA) is 99.5 Å². The fourth-order valence-corrected chi connectivity index (χ4v) is 1.59. The van der Waals surface area contributed by atoms with Gasteiger partial charge in [0.2, 0.25) is 0 Å². The Balaban J connectivity index is 2.06. The molecule has 1 atom stereocenters. The molecule has 0 saturated heterocycles. The third-order valence-electron chi connectivity index (χ3n) is 2.61. The van der Waals surface area contributed by atoms with Crippen molar-refractivity contribution in [3.05, 3.63) is 59.9 Å². The summed E-state index contributed by atoms with van der Waals surface area (Å²) in [7, 11) is 0. The van der Waals surface area contributed by atoms with Gasteiger partial charge in [-0.3, -0.25) is 4.79 Å². The first kappa shape index (κ1) is 13.7. The average molecular weight is 272 g/mol. The summed E-state index contributed by atoms with van der Waals surface area (Å²) < 4.78 is 0. The number of hydrogen-bond donors (Lipinski definition) is 3. The predicted octanol–water partition coefficient (Wildman–Crippen LogP) is 1.45. The number of carbonyl (C=O) groups is 2. The highest BCUT2D eigenvalue weighted by molar-refractivity contribution is 5.95. The maximum absolute atomic E-state index is 11.8. The monoisotopic (exact) mass is 272 g/mol. The average Bonchev–Trinajstić information content (AvgIpc) is 2.48. The molecule has 0 spiro atoms. The first-order valence-electron chi connectivity index (χ1n) is 5.81. The zero-order valence-electron chi connectivity index (χ0n) is 10.4. The molecule has 3 N–H and O–H groups in total. The number of nitrogens with zero attached hydrogens (tertiary/aromatic N) is 1. The van der Waals surface area contributed by atoms with Gasteiger partial charge in [-0.2, -0.15) is 0 Å². The maximum atomic E-state index is 11.8. The molecule has 0 radical (unpaired) electrons. The third-order valence-corrected chi connectivity index (χ3v) is 2.61. The number of rotatable bonds is 4. The lowest BCUT2D eigenvalue weighted by molar-refractivity contribution is -0.124. The number of aliphatic hydroxyl groups excluding tert-OH is 1. The maximum Gasteiger partial charge on any atom is 0.354 e. The highest BCUT2D eigenvalue weighted by atomic mass is 16.4. The van der Waals surface area contributed by atoms with Crippen molar-refractivity contribution in [1.29, 1.82) is 0 Å². The molecule has 1 unspecified atom stereocenters. The van der Waals surface area contributed by atoms with Crippen molar-refractivity contribution in [1.82, 2.24) is 4.98 Å². The molecule has 2 rings (SSSR count). The summed E-state index contributed by atoms with van der Waals surface area (Å²) in [6.07, 6.45) is -0.0747. The quantitative estimate of drug-likeness (QED) is 0.782. The van der Waals surface area contributed by atoms with Gasteiger partial charge in [-0.1, -0.05) is 30.3 Å². The first-order chi connectivity index (χ1) is 9.58. The van der Waals surface area contributed by atoms with Crippen molar-refractivity contribution in [2.75, 3.05) is 5.32 Å². The molecule has 0 aliphatic rings. The van der Waals surface area contributed by atoms with Crippen LogP contribution in [-0.4, -0.2) is 27.1 Å². The van der Waals surface area contributed by atoms with Crippen LogP contribution in [0.1, 0.15) is 22.2 Å². The van der Waals surface area contributed by atoms with E-state index in [1.54, 1.807) is 30.3 Å². The van der Waals surface area contributed by atoms with Gasteiger partial charge in [0.1, 0.15) is 5.69 Å². The summed E-state index contributed by atoms with van der Waals surface area (Å²) in [6.45, 7) is 0. The molecule has 20 heavy (non-hydrogen) atoms. The van der Waals surface area contributed by atoms with E-state index in [1.807, 2.05) is 0 Å². The van der Waals surface area contributed by atoms with E-state index >= 15 is 0 Å². The standard InChI is InChI=1S/C14H12N2O4/c17-12(9-4-2-1-3-5-9)13(18)16-10-6-7-11(14(19)20)15-8-10/h1-8,12,17H,(H,16,18)(H,19,20). The van der Waals surface area contributed by atoms with E-state index in [-0.39, 0.29) is 5.69 Å². The van der Waals surface area contributed by atoms with E-state index in [0.29, 0.717) is 11.3 Å². The molecule has 1 aromatic carbocycles. The van der Waals surface area contributed by atoms with Crippen molar-refractivity contribution in [2.45, 2.75) is 6.10 Å². The number of nitrogens with one attached hydrogen (secondary N) is 1. The number of benzene rings is 1. The zero-order valence-corrected chi connectivity index (χ0v) is 10.4. The van der Waals surface area contributed by atoms with Gasteiger partial charge in [0.15, 0.2) is 6.10 Å². The number of aromatic carboxylic acids is 1. The van der Waals surface area contributed by atoms with Gasteiger partial charge >= 0.3 is 5.97 Å². The molecule has 6 nitrogen and oxygen atoms in total. The Morgan fingerprint density at radius 3 is 2.35 bits per heavy atom. The zero-order chi connectivity index (χ0) is 14.5. The molecule has 1 heterocycles. The molecule has 0 aliphatic heterocycles. The number of carbonyl (C=O) groups excluding carboxylic acids is 1. The second-order valence-electron chi connectivity index (χ2n) is 4.04. The van der Waals surface area contributed by atoms with Crippen LogP contribution in [0.25, 0.3) is 0 Å². The number of amides is 1. The molecule has 2 aromatic rings. The Hall–Kier alpha value is -2.73. The molecule has 0 bridgehead atoms. The van der Waals surface area contributed by atoms with Crippen LogP contribution in [0.4, 0.5) is 5.69 Å². The lowest BCUT2D eigenvalue weighted by Gasteiger charge is -2.11. The summed E-state index contributed by atoms with van der Waals surface area (Å²) >= 11 is 0. The van der Waals surface area contributed by atoms with Crippen LogP contribution >= 0.6 is 0 Å². The lowest BCUT2D eigenvalue weighted by atomic mass is 10.1. The van der Waals surface area contributed by atoms with Crippen LogP contribution in [0.15, 0.2) is 48.7 Å². The van der Waals surface area contributed by atoms with Gasteiger partial charge < -0.3 is 15.5 Å². The second kappa shape index (κ2) is 5.94. The van der Waals surface area contributed by atoms with Crippen LogP contribution in [0.3, 0.4) is 0 Å². The van der Waals surface area contributed by atoms with E-state index in [0.717, 1.165) is 0 Å². The number of carboxylic acid groups (broad SMARTS) is 1. The van der Waals surface area contributed by atoms with Crippen LogP contribution in [-0.2, 0) is 4.79 Å². The lowest BCUT2D eigenvalue weighted by Crippen LogP contribution is -2.20. The largest absolute Gasteiger partial charge is 0.477 e. The van der Waals surface area contributed by atoms with Crippen molar-refractivity contribution in [3.8, 4) is 0 Å². The highest BCUT2D eigenvalue weighted by Crippen LogP contribution is 2.15. The molecule has 1 aromatic heterocycles. The van der Waals surface area contributed by atoms with Crippen molar-refractivity contribution in [2.24, 2.45) is 0 Å². The van der Waals surface area contributed by atoms with Crippen molar-refractivity contribution in [3.63, 3.8) is 0 Å². The number of carboxylic acids is 1. The highest BCUT2D eigenvalue weighted by Gasteiger charge is 2.17. The Labute approximate surface area is 114 Å². The van der Waals surface area contributed by atoms with Gasteiger partial charge in [0, 0.05) is 0 Å². The number of hydrogen-bond acceptors (Lipinski definition) is 4. The smallest absolute Gasteiger partial charge is 0.354 e. The van der Waals surface area contributed by atoms with Gasteiger partial charge in [-0.25, -0.2) is 9.78 Å².